The van der Waals surface area contributed by atoms with Crippen LogP contribution >= 0.6 is 0 Å². The first-order chi connectivity index (χ1) is 11.6. The summed E-state index contributed by atoms with van der Waals surface area (Å²) in [6, 6.07) is 0. The van der Waals surface area contributed by atoms with Crippen LogP contribution in [0.15, 0.2) is 4.99 Å². The van der Waals surface area contributed by atoms with Crippen molar-refractivity contribution in [2.75, 3.05) is 73.6 Å². The highest BCUT2D eigenvalue weighted by molar-refractivity contribution is 5.85. The van der Waals surface area contributed by atoms with E-state index >= 15 is 0 Å². The lowest BCUT2D eigenvalue weighted by atomic mass is 10.1. The van der Waals surface area contributed by atoms with Gasteiger partial charge in [0.05, 0.1) is 6.61 Å². The van der Waals surface area contributed by atoms with Gasteiger partial charge in [0.15, 0.2) is 5.96 Å². The summed E-state index contributed by atoms with van der Waals surface area (Å²) in [6.07, 6.45) is 3.88. The molecule has 138 valence electrons. The molecule has 0 spiro atoms. The van der Waals surface area contributed by atoms with Crippen LogP contribution in [0.5, 0.6) is 0 Å². The highest BCUT2D eigenvalue weighted by atomic mass is 16.5. The van der Waals surface area contributed by atoms with Gasteiger partial charge in [0, 0.05) is 47.4 Å². The SMILES string of the molecule is COCCNC(=NCC(=O)N(C)C)N1CCC(CN2CCCC2)C1. The third kappa shape index (κ3) is 5.94. The molecule has 0 saturated carbocycles. The normalized spacial score (nSPS) is 22.2. The van der Waals surface area contributed by atoms with E-state index in [1.54, 1.807) is 26.1 Å². The average Bonchev–Trinajstić information content (AvgIpc) is 3.22. The third-order valence-corrected chi connectivity index (χ3v) is 4.75. The first-order valence-corrected chi connectivity index (χ1v) is 9.05. The molecule has 0 aromatic rings. The molecule has 2 heterocycles. The lowest BCUT2D eigenvalue weighted by molar-refractivity contribution is -0.127. The van der Waals surface area contributed by atoms with Crippen LogP contribution in [0.3, 0.4) is 0 Å². The van der Waals surface area contributed by atoms with Gasteiger partial charge in [-0.2, -0.15) is 0 Å². The number of carbonyl (C=O) groups is 1. The first-order valence-electron chi connectivity index (χ1n) is 9.05. The maximum atomic E-state index is 11.8. The second-order valence-corrected chi connectivity index (χ2v) is 6.96. The summed E-state index contributed by atoms with van der Waals surface area (Å²) < 4.78 is 5.11. The molecule has 2 aliphatic rings. The van der Waals surface area contributed by atoms with Crippen LogP contribution in [0.25, 0.3) is 0 Å². The predicted molar refractivity (Wildman–Crippen MR) is 96.2 cm³/mol. The lowest BCUT2D eigenvalue weighted by Crippen LogP contribution is -2.42. The van der Waals surface area contributed by atoms with E-state index in [9.17, 15) is 4.79 Å². The molecule has 0 radical (unpaired) electrons. The van der Waals surface area contributed by atoms with Crippen LogP contribution < -0.4 is 5.32 Å². The van der Waals surface area contributed by atoms with Crippen LogP contribution in [0.1, 0.15) is 19.3 Å². The molecular weight excluding hydrogens is 306 g/mol. The van der Waals surface area contributed by atoms with Crippen molar-refractivity contribution in [1.82, 2.24) is 20.0 Å². The number of guanidine groups is 1. The minimum Gasteiger partial charge on any atom is -0.383 e. The molecular formula is C17H33N5O2. The zero-order valence-corrected chi connectivity index (χ0v) is 15.5. The number of nitrogens with zero attached hydrogens (tertiary/aromatic N) is 4. The molecule has 2 aliphatic heterocycles. The minimum absolute atomic E-state index is 0.0221. The fourth-order valence-corrected chi connectivity index (χ4v) is 3.32. The Morgan fingerprint density at radius 2 is 2.04 bits per heavy atom. The number of amides is 1. The van der Waals surface area contributed by atoms with Crippen molar-refractivity contribution in [3.63, 3.8) is 0 Å². The van der Waals surface area contributed by atoms with Crippen LogP contribution in [-0.2, 0) is 9.53 Å². The maximum absolute atomic E-state index is 11.8. The van der Waals surface area contributed by atoms with Crippen molar-refractivity contribution in [2.24, 2.45) is 10.9 Å². The second kappa shape index (κ2) is 9.84. The van der Waals surface area contributed by atoms with Gasteiger partial charge in [-0.25, -0.2) is 4.99 Å². The van der Waals surface area contributed by atoms with Crippen LogP contribution in [-0.4, -0.2) is 100 Å². The van der Waals surface area contributed by atoms with E-state index in [0.29, 0.717) is 19.1 Å². The monoisotopic (exact) mass is 339 g/mol. The number of carbonyl (C=O) groups excluding carboxylic acids is 1. The average molecular weight is 339 g/mol. The summed E-state index contributed by atoms with van der Waals surface area (Å²) in [5.41, 5.74) is 0. The van der Waals surface area contributed by atoms with E-state index in [4.69, 9.17) is 4.74 Å². The van der Waals surface area contributed by atoms with Gasteiger partial charge in [-0.1, -0.05) is 0 Å². The summed E-state index contributed by atoms with van der Waals surface area (Å²) in [5, 5.41) is 3.34. The Hall–Kier alpha value is -1.34. The molecule has 0 bridgehead atoms. The van der Waals surface area contributed by atoms with Gasteiger partial charge >= 0.3 is 0 Å². The zero-order valence-electron chi connectivity index (χ0n) is 15.5. The van der Waals surface area contributed by atoms with Gasteiger partial charge in [-0.05, 0) is 38.3 Å². The van der Waals surface area contributed by atoms with Gasteiger partial charge in [-0.3, -0.25) is 4.79 Å². The molecule has 2 fully saturated rings. The van der Waals surface area contributed by atoms with Crippen molar-refractivity contribution >= 4 is 11.9 Å². The number of hydrogen-bond acceptors (Lipinski definition) is 4. The molecule has 24 heavy (non-hydrogen) atoms. The zero-order chi connectivity index (χ0) is 17.4. The Morgan fingerprint density at radius 1 is 1.29 bits per heavy atom. The number of methoxy groups -OCH3 is 1. The topological polar surface area (TPSA) is 60.4 Å². The lowest BCUT2D eigenvalue weighted by Gasteiger charge is -2.24. The Balaban J connectivity index is 1.88. The van der Waals surface area contributed by atoms with Crippen molar-refractivity contribution in [3.05, 3.63) is 0 Å². The number of rotatable bonds is 7. The van der Waals surface area contributed by atoms with Gasteiger partial charge in [0.25, 0.3) is 0 Å². The summed E-state index contributed by atoms with van der Waals surface area (Å²) >= 11 is 0. The maximum Gasteiger partial charge on any atom is 0.243 e. The molecule has 0 aliphatic carbocycles. The molecule has 2 saturated heterocycles. The Bertz CT molecular complexity index is 421. The summed E-state index contributed by atoms with van der Waals surface area (Å²) in [6.45, 7) is 7.25. The fraction of sp³-hybridized carbons (Fsp3) is 0.882. The predicted octanol–water partition coefficient (Wildman–Crippen LogP) is 0.0843. The quantitative estimate of drug-likeness (QED) is 0.405. The first kappa shape index (κ1) is 19.0. The number of hydrogen-bond donors (Lipinski definition) is 1. The van der Waals surface area contributed by atoms with E-state index in [2.05, 4.69) is 20.1 Å². The Morgan fingerprint density at radius 3 is 2.71 bits per heavy atom. The van der Waals surface area contributed by atoms with Crippen molar-refractivity contribution < 1.29 is 9.53 Å². The van der Waals surface area contributed by atoms with Gasteiger partial charge in [0.1, 0.15) is 6.54 Å². The number of ether oxygens (including phenoxy) is 1. The van der Waals surface area contributed by atoms with E-state index < -0.39 is 0 Å². The van der Waals surface area contributed by atoms with Crippen molar-refractivity contribution in [2.45, 2.75) is 19.3 Å². The second-order valence-electron chi connectivity index (χ2n) is 6.96. The van der Waals surface area contributed by atoms with Crippen LogP contribution in [0.4, 0.5) is 0 Å². The Labute approximate surface area is 146 Å². The number of nitrogens with one attached hydrogen (secondary N) is 1. The molecule has 7 nitrogen and oxygen atoms in total. The largest absolute Gasteiger partial charge is 0.383 e. The summed E-state index contributed by atoms with van der Waals surface area (Å²) in [5.74, 6) is 1.56. The molecule has 2 rings (SSSR count). The third-order valence-electron chi connectivity index (χ3n) is 4.75. The highest BCUT2D eigenvalue weighted by Crippen LogP contribution is 2.20. The van der Waals surface area contributed by atoms with Gasteiger partial charge in [0.2, 0.25) is 5.91 Å². The van der Waals surface area contributed by atoms with Crippen LogP contribution in [0.2, 0.25) is 0 Å². The van der Waals surface area contributed by atoms with Crippen molar-refractivity contribution in [1.29, 1.82) is 0 Å². The molecule has 7 heteroatoms. The smallest absolute Gasteiger partial charge is 0.243 e. The minimum atomic E-state index is 0.0221. The highest BCUT2D eigenvalue weighted by Gasteiger charge is 2.27. The van der Waals surface area contributed by atoms with E-state index in [1.807, 2.05) is 0 Å². The summed E-state index contributed by atoms with van der Waals surface area (Å²) in [4.78, 5) is 22.8. The van der Waals surface area contributed by atoms with E-state index in [0.717, 1.165) is 19.0 Å². The number of likely N-dealkylation sites (tertiary alicyclic amines) is 2. The Kier molecular flexibility index (Phi) is 7.78. The number of likely N-dealkylation sites (N-methyl/N-ethyl adjacent to an activating group) is 1. The summed E-state index contributed by atoms with van der Waals surface area (Å²) in [7, 11) is 5.21. The molecule has 0 aromatic heterocycles. The van der Waals surface area contributed by atoms with E-state index in [1.165, 1.54) is 38.9 Å². The van der Waals surface area contributed by atoms with Gasteiger partial charge in [-0.15, -0.1) is 0 Å². The van der Waals surface area contributed by atoms with E-state index in [-0.39, 0.29) is 12.5 Å². The molecule has 1 atom stereocenters. The number of aliphatic imine (C=N–C) groups is 1. The molecule has 0 aromatic carbocycles. The molecule has 1 unspecified atom stereocenters. The van der Waals surface area contributed by atoms with Crippen LogP contribution in [0, 0.1) is 5.92 Å². The molecule has 1 amide bonds. The molecule has 1 N–H and O–H groups in total. The van der Waals surface area contributed by atoms with Gasteiger partial charge < -0.3 is 24.8 Å². The fourth-order valence-electron chi connectivity index (χ4n) is 3.32. The standard InChI is InChI=1S/C17H33N5O2/c1-20(2)16(23)12-19-17(18-7-11-24-3)22-10-6-15(14-22)13-21-8-4-5-9-21/h15H,4-14H2,1-3H3,(H,18,19). The van der Waals surface area contributed by atoms with Crippen molar-refractivity contribution in [3.8, 4) is 0 Å².